The van der Waals surface area contributed by atoms with E-state index in [1.165, 1.54) is 11.1 Å². The van der Waals surface area contributed by atoms with Crippen molar-refractivity contribution in [1.29, 1.82) is 0 Å². The maximum Gasteiger partial charge on any atom is 0.258 e. The molecule has 6 rings (SSSR count). The summed E-state index contributed by atoms with van der Waals surface area (Å²) < 4.78 is 15.0. The van der Waals surface area contributed by atoms with Crippen molar-refractivity contribution in [3.05, 3.63) is 141 Å². The van der Waals surface area contributed by atoms with E-state index in [1.807, 2.05) is 60.7 Å². The number of hydrogen-bond acceptors (Lipinski definition) is 3. The van der Waals surface area contributed by atoms with E-state index in [9.17, 15) is 9.59 Å². The van der Waals surface area contributed by atoms with Crippen LogP contribution in [0, 0.1) is 5.82 Å². The van der Waals surface area contributed by atoms with Crippen LogP contribution in [0.3, 0.4) is 0 Å². The molecule has 0 bridgehead atoms. The fraction of sp³-hybridized carbons (Fsp3) is 0.0938. The maximum absolute atomic E-state index is 15.0. The Hall–Kier alpha value is -4.55. The van der Waals surface area contributed by atoms with Crippen LogP contribution < -0.4 is 5.56 Å². The molecule has 1 unspecified atom stereocenters. The number of nitrogens with zero attached hydrogens (tertiary/aromatic N) is 2. The molecule has 5 nitrogen and oxygen atoms in total. The smallest absolute Gasteiger partial charge is 0.258 e. The summed E-state index contributed by atoms with van der Waals surface area (Å²) in [5.74, 6) is -0.718. The van der Waals surface area contributed by atoms with Crippen LogP contribution in [0.2, 0.25) is 5.02 Å². The van der Waals surface area contributed by atoms with E-state index < -0.39 is 11.9 Å². The zero-order chi connectivity index (χ0) is 26.9. The van der Waals surface area contributed by atoms with Gasteiger partial charge in [0.05, 0.1) is 23.7 Å². The normalized spacial score (nSPS) is 15.0. The van der Waals surface area contributed by atoms with Crippen LogP contribution in [0.4, 0.5) is 4.39 Å². The van der Waals surface area contributed by atoms with Crippen molar-refractivity contribution in [3.8, 4) is 11.1 Å². The molecule has 0 saturated carbocycles. The Balaban J connectivity index is 1.54. The minimum atomic E-state index is -0.699. The number of pyridine rings is 1. The lowest BCUT2D eigenvalue weighted by Gasteiger charge is -2.22. The Morgan fingerprint density at radius 2 is 1.62 bits per heavy atom. The van der Waals surface area contributed by atoms with Crippen LogP contribution in [-0.4, -0.2) is 21.6 Å². The third-order valence-corrected chi connectivity index (χ3v) is 7.19. The molecule has 1 aliphatic heterocycles. The first-order chi connectivity index (χ1) is 19.0. The van der Waals surface area contributed by atoms with E-state index in [0.717, 1.165) is 16.5 Å². The number of carbonyl (C=O) groups excluding carboxylic acids is 1. The molecule has 4 aromatic carbocycles. The van der Waals surface area contributed by atoms with Crippen molar-refractivity contribution in [2.24, 2.45) is 5.10 Å². The van der Waals surface area contributed by atoms with Crippen LogP contribution in [-0.2, 0) is 11.2 Å². The van der Waals surface area contributed by atoms with Gasteiger partial charge in [0.25, 0.3) is 5.56 Å². The largest absolute Gasteiger partial charge is 0.321 e. The summed E-state index contributed by atoms with van der Waals surface area (Å²) in [7, 11) is 0. The van der Waals surface area contributed by atoms with Gasteiger partial charge < -0.3 is 4.98 Å². The SMILES string of the molecule is O=C(Cc1ccccc1)N1N=C(c2c(-c3ccccc3)c3cc(Cl)ccc3[nH]c2=O)CC1c1ccccc1F. The average Bonchev–Trinajstić information content (AvgIpc) is 3.39. The Bertz CT molecular complexity index is 1780. The third kappa shape index (κ3) is 4.75. The van der Waals surface area contributed by atoms with Crippen LogP contribution >= 0.6 is 11.6 Å². The number of halogens is 2. The van der Waals surface area contributed by atoms with Crippen molar-refractivity contribution in [3.63, 3.8) is 0 Å². The van der Waals surface area contributed by atoms with Gasteiger partial charge in [-0.1, -0.05) is 90.5 Å². The molecular formula is C32H23ClFN3O2. The topological polar surface area (TPSA) is 65.5 Å². The molecule has 39 heavy (non-hydrogen) atoms. The number of amides is 1. The summed E-state index contributed by atoms with van der Waals surface area (Å²) >= 11 is 6.38. The molecule has 1 atom stereocenters. The van der Waals surface area contributed by atoms with E-state index in [0.29, 0.717) is 32.9 Å². The van der Waals surface area contributed by atoms with Gasteiger partial charge in [0.15, 0.2) is 0 Å². The number of aromatic nitrogens is 1. The monoisotopic (exact) mass is 535 g/mol. The van der Waals surface area contributed by atoms with Gasteiger partial charge >= 0.3 is 0 Å². The highest BCUT2D eigenvalue weighted by molar-refractivity contribution is 6.31. The van der Waals surface area contributed by atoms with Crippen molar-refractivity contribution in [2.45, 2.75) is 18.9 Å². The third-order valence-electron chi connectivity index (χ3n) is 6.96. The predicted molar refractivity (Wildman–Crippen MR) is 152 cm³/mol. The summed E-state index contributed by atoms with van der Waals surface area (Å²) in [5.41, 5.74) is 3.69. The first-order valence-corrected chi connectivity index (χ1v) is 13.0. The van der Waals surface area contributed by atoms with Gasteiger partial charge in [-0.2, -0.15) is 5.10 Å². The summed E-state index contributed by atoms with van der Waals surface area (Å²) in [5, 5.41) is 7.32. The van der Waals surface area contributed by atoms with Crippen molar-refractivity contribution in [1.82, 2.24) is 9.99 Å². The first-order valence-electron chi connectivity index (χ1n) is 12.6. The van der Waals surface area contributed by atoms with Gasteiger partial charge in [-0.3, -0.25) is 9.59 Å². The molecule has 2 heterocycles. The van der Waals surface area contributed by atoms with Gasteiger partial charge in [0.2, 0.25) is 5.91 Å². The molecule has 0 fully saturated rings. The number of nitrogens with one attached hydrogen (secondary N) is 1. The summed E-state index contributed by atoms with van der Waals surface area (Å²) in [6.07, 6.45) is 0.272. The molecule has 5 aromatic rings. The fourth-order valence-electron chi connectivity index (χ4n) is 5.18. The second-order valence-electron chi connectivity index (χ2n) is 9.45. The number of carbonyl (C=O) groups is 1. The molecule has 1 N–H and O–H groups in total. The summed E-state index contributed by atoms with van der Waals surface area (Å²) in [6, 6.07) is 29.8. The van der Waals surface area contributed by atoms with Crippen LogP contribution in [0.15, 0.2) is 113 Å². The van der Waals surface area contributed by atoms with Crippen molar-refractivity contribution in [2.75, 3.05) is 0 Å². The zero-order valence-corrected chi connectivity index (χ0v) is 21.5. The second-order valence-corrected chi connectivity index (χ2v) is 9.89. The Morgan fingerprint density at radius 1 is 0.923 bits per heavy atom. The molecule has 0 radical (unpaired) electrons. The summed E-state index contributed by atoms with van der Waals surface area (Å²) in [4.78, 5) is 30.2. The number of benzene rings is 4. The first kappa shape index (κ1) is 24.8. The van der Waals surface area contributed by atoms with E-state index in [4.69, 9.17) is 16.7 Å². The number of aromatic amines is 1. The van der Waals surface area contributed by atoms with E-state index in [2.05, 4.69) is 4.98 Å². The number of hydrogen-bond donors (Lipinski definition) is 1. The van der Waals surface area contributed by atoms with Crippen molar-refractivity contribution >= 4 is 34.1 Å². The molecule has 0 saturated heterocycles. The summed E-state index contributed by atoms with van der Waals surface area (Å²) in [6.45, 7) is 0. The molecule has 1 amide bonds. The number of H-pyrrole nitrogens is 1. The highest BCUT2D eigenvalue weighted by Crippen LogP contribution is 2.38. The van der Waals surface area contributed by atoms with E-state index >= 15 is 4.39 Å². The lowest BCUT2D eigenvalue weighted by Crippen LogP contribution is -2.29. The average molecular weight is 536 g/mol. The van der Waals surface area contributed by atoms with Gasteiger partial charge in [0, 0.05) is 33.5 Å². The lowest BCUT2D eigenvalue weighted by molar-refractivity contribution is -0.132. The Labute approximate surface area is 229 Å². The molecular weight excluding hydrogens is 513 g/mol. The quantitative estimate of drug-likeness (QED) is 0.266. The van der Waals surface area contributed by atoms with Crippen LogP contribution in [0.5, 0.6) is 0 Å². The number of hydrazone groups is 1. The fourth-order valence-corrected chi connectivity index (χ4v) is 5.35. The van der Waals surface area contributed by atoms with Gasteiger partial charge in [-0.15, -0.1) is 0 Å². The van der Waals surface area contributed by atoms with E-state index in [-0.39, 0.29) is 24.3 Å². The molecule has 1 aromatic heterocycles. The molecule has 7 heteroatoms. The van der Waals surface area contributed by atoms with E-state index in [1.54, 1.807) is 36.4 Å². The Morgan fingerprint density at radius 3 is 2.36 bits per heavy atom. The maximum atomic E-state index is 15.0. The predicted octanol–water partition coefficient (Wildman–Crippen LogP) is 6.91. The van der Waals surface area contributed by atoms with Crippen molar-refractivity contribution < 1.29 is 9.18 Å². The number of fused-ring (bicyclic) bond motifs is 1. The van der Waals surface area contributed by atoms with Crippen LogP contribution in [0.1, 0.15) is 29.2 Å². The lowest BCUT2D eigenvalue weighted by atomic mass is 9.91. The minimum Gasteiger partial charge on any atom is -0.321 e. The van der Waals surface area contributed by atoms with Gasteiger partial charge in [0.1, 0.15) is 5.82 Å². The standard InChI is InChI=1S/C32H23ClFN3O2/c33-22-15-16-26-24(18-22)30(21-11-5-2-6-12-21)31(32(39)35-26)27-19-28(23-13-7-8-14-25(23)34)37(36-27)29(38)17-20-9-3-1-4-10-20/h1-16,18,28H,17,19H2,(H,35,39). The highest BCUT2D eigenvalue weighted by Gasteiger charge is 2.36. The molecule has 192 valence electrons. The molecule has 1 aliphatic rings. The molecule has 0 spiro atoms. The highest BCUT2D eigenvalue weighted by atomic mass is 35.5. The Kier molecular flexibility index (Phi) is 6.55. The van der Waals surface area contributed by atoms with Gasteiger partial charge in [-0.25, -0.2) is 9.40 Å². The van der Waals surface area contributed by atoms with Crippen LogP contribution in [0.25, 0.3) is 22.0 Å². The molecule has 0 aliphatic carbocycles. The van der Waals surface area contributed by atoms with Gasteiger partial charge in [-0.05, 0) is 35.4 Å². The minimum absolute atomic E-state index is 0.0950. The number of rotatable bonds is 5. The second kappa shape index (κ2) is 10.3. The zero-order valence-electron chi connectivity index (χ0n) is 20.8.